The van der Waals surface area contributed by atoms with Crippen molar-refractivity contribution >= 4 is 5.91 Å². The summed E-state index contributed by atoms with van der Waals surface area (Å²) in [6, 6.07) is 20.7. The summed E-state index contributed by atoms with van der Waals surface area (Å²) in [4.78, 5) is 15.6. The summed E-state index contributed by atoms with van der Waals surface area (Å²) in [5, 5.41) is 0. The van der Waals surface area contributed by atoms with Gasteiger partial charge >= 0.3 is 0 Å². The van der Waals surface area contributed by atoms with Crippen LogP contribution in [-0.4, -0.2) is 10.9 Å². The van der Waals surface area contributed by atoms with Crippen LogP contribution in [0.2, 0.25) is 0 Å². The van der Waals surface area contributed by atoms with Crippen molar-refractivity contribution in [1.29, 1.82) is 0 Å². The summed E-state index contributed by atoms with van der Waals surface area (Å²) in [5.74, 6) is -0.476. The SMILES string of the molecule is Cc1ccc(C(c2ccc(C)cc2)c2ccnc(C(N)=O)c2)cc1. The van der Waals surface area contributed by atoms with E-state index in [4.69, 9.17) is 5.73 Å². The van der Waals surface area contributed by atoms with E-state index in [9.17, 15) is 4.79 Å². The quantitative estimate of drug-likeness (QED) is 0.791. The van der Waals surface area contributed by atoms with Gasteiger partial charge in [-0.25, -0.2) is 0 Å². The van der Waals surface area contributed by atoms with Crippen LogP contribution in [0.15, 0.2) is 66.9 Å². The van der Waals surface area contributed by atoms with Gasteiger partial charge in [-0.3, -0.25) is 9.78 Å². The lowest BCUT2D eigenvalue weighted by molar-refractivity contribution is 0.0995. The van der Waals surface area contributed by atoms with Gasteiger partial charge in [0.1, 0.15) is 5.69 Å². The Morgan fingerprint density at radius 1 is 0.833 bits per heavy atom. The fourth-order valence-corrected chi connectivity index (χ4v) is 2.86. The summed E-state index contributed by atoms with van der Waals surface area (Å²) in [7, 11) is 0. The summed E-state index contributed by atoms with van der Waals surface area (Å²) >= 11 is 0. The Bertz CT molecular complexity index is 806. The Morgan fingerprint density at radius 3 is 1.79 bits per heavy atom. The van der Waals surface area contributed by atoms with Crippen LogP contribution in [0.4, 0.5) is 0 Å². The number of carbonyl (C=O) groups is 1. The molecule has 0 aliphatic rings. The maximum atomic E-state index is 11.5. The first-order valence-electron chi connectivity index (χ1n) is 7.93. The van der Waals surface area contributed by atoms with E-state index in [0.717, 1.165) is 5.56 Å². The fourth-order valence-electron chi connectivity index (χ4n) is 2.86. The van der Waals surface area contributed by atoms with Crippen LogP contribution in [0.5, 0.6) is 0 Å². The van der Waals surface area contributed by atoms with Gasteiger partial charge < -0.3 is 5.73 Å². The third kappa shape index (κ3) is 3.35. The van der Waals surface area contributed by atoms with Gasteiger partial charge in [-0.2, -0.15) is 0 Å². The van der Waals surface area contributed by atoms with Crippen molar-refractivity contribution < 1.29 is 4.79 Å². The lowest BCUT2D eigenvalue weighted by Crippen LogP contribution is -2.14. The summed E-state index contributed by atoms with van der Waals surface area (Å²) < 4.78 is 0. The summed E-state index contributed by atoms with van der Waals surface area (Å²) in [6.45, 7) is 4.14. The van der Waals surface area contributed by atoms with Crippen molar-refractivity contribution in [2.45, 2.75) is 19.8 Å². The van der Waals surface area contributed by atoms with Crippen LogP contribution in [0.3, 0.4) is 0 Å². The summed E-state index contributed by atoms with van der Waals surface area (Å²) in [6.07, 6.45) is 1.64. The largest absolute Gasteiger partial charge is 0.364 e. The molecule has 24 heavy (non-hydrogen) atoms. The molecule has 0 saturated heterocycles. The van der Waals surface area contributed by atoms with E-state index in [-0.39, 0.29) is 11.6 Å². The predicted molar refractivity (Wildman–Crippen MR) is 96.1 cm³/mol. The molecule has 0 fully saturated rings. The lowest BCUT2D eigenvalue weighted by atomic mass is 9.84. The van der Waals surface area contributed by atoms with E-state index in [2.05, 4.69) is 67.4 Å². The molecule has 0 aliphatic carbocycles. The first kappa shape index (κ1) is 15.9. The van der Waals surface area contributed by atoms with Gasteiger partial charge in [0.05, 0.1) is 0 Å². The molecule has 3 aromatic rings. The molecule has 3 heteroatoms. The number of carbonyl (C=O) groups excluding carboxylic acids is 1. The van der Waals surface area contributed by atoms with Crippen LogP contribution >= 0.6 is 0 Å². The van der Waals surface area contributed by atoms with Gasteiger partial charge in [-0.15, -0.1) is 0 Å². The minimum Gasteiger partial charge on any atom is -0.364 e. The maximum absolute atomic E-state index is 11.5. The van der Waals surface area contributed by atoms with Gasteiger partial charge in [0.2, 0.25) is 0 Å². The molecule has 0 spiro atoms. The highest BCUT2D eigenvalue weighted by atomic mass is 16.1. The number of pyridine rings is 1. The molecule has 1 amide bonds. The fraction of sp³-hybridized carbons (Fsp3) is 0.143. The third-order valence-corrected chi connectivity index (χ3v) is 4.19. The highest BCUT2D eigenvalue weighted by molar-refractivity contribution is 5.90. The molecule has 3 rings (SSSR count). The molecular weight excluding hydrogens is 296 g/mol. The molecule has 2 N–H and O–H groups in total. The van der Waals surface area contributed by atoms with Crippen molar-refractivity contribution in [1.82, 2.24) is 4.98 Å². The average molecular weight is 316 g/mol. The smallest absolute Gasteiger partial charge is 0.267 e. The molecule has 3 nitrogen and oxygen atoms in total. The van der Waals surface area contributed by atoms with Gasteiger partial charge in [0, 0.05) is 12.1 Å². The molecule has 0 unspecified atom stereocenters. The second-order valence-electron chi connectivity index (χ2n) is 6.09. The zero-order valence-electron chi connectivity index (χ0n) is 13.9. The molecule has 1 heterocycles. The zero-order valence-corrected chi connectivity index (χ0v) is 13.9. The van der Waals surface area contributed by atoms with Crippen LogP contribution in [0.25, 0.3) is 0 Å². The van der Waals surface area contributed by atoms with Crippen molar-refractivity contribution in [3.63, 3.8) is 0 Å². The minimum absolute atomic E-state index is 0.0345. The van der Waals surface area contributed by atoms with Crippen molar-refractivity contribution in [3.05, 3.63) is 100 Å². The van der Waals surface area contributed by atoms with E-state index < -0.39 is 5.91 Å². The van der Waals surface area contributed by atoms with E-state index in [1.54, 1.807) is 12.3 Å². The second-order valence-corrected chi connectivity index (χ2v) is 6.09. The van der Waals surface area contributed by atoms with E-state index in [1.807, 2.05) is 6.07 Å². The number of benzene rings is 2. The molecule has 1 aromatic heterocycles. The maximum Gasteiger partial charge on any atom is 0.267 e. The van der Waals surface area contributed by atoms with E-state index in [1.165, 1.54) is 22.3 Å². The first-order chi connectivity index (χ1) is 11.5. The predicted octanol–water partition coefficient (Wildman–Crippen LogP) is 3.98. The van der Waals surface area contributed by atoms with Crippen molar-refractivity contribution in [3.8, 4) is 0 Å². The van der Waals surface area contributed by atoms with Gasteiger partial charge in [0.15, 0.2) is 0 Å². The number of hydrogen-bond acceptors (Lipinski definition) is 2. The molecule has 0 aliphatic heterocycles. The monoisotopic (exact) mass is 316 g/mol. The Kier molecular flexibility index (Phi) is 4.43. The zero-order chi connectivity index (χ0) is 17.1. The standard InChI is InChI=1S/C21H20N2O/c1-14-3-7-16(8-4-14)20(17-9-5-15(2)6-10-17)18-11-12-23-19(13-18)21(22)24/h3-13,20H,1-2H3,(H2,22,24). The lowest BCUT2D eigenvalue weighted by Gasteiger charge is -2.19. The topological polar surface area (TPSA) is 56.0 Å². The van der Waals surface area contributed by atoms with Crippen LogP contribution in [0.1, 0.15) is 44.2 Å². The normalized spacial score (nSPS) is 10.8. The molecule has 0 atom stereocenters. The molecule has 0 bridgehead atoms. The Morgan fingerprint density at radius 2 is 1.33 bits per heavy atom. The number of rotatable bonds is 4. The Labute approximate surface area is 142 Å². The second kappa shape index (κ2) is 6.67. The highest BCUT2D eigenvalue weighted by Gasteiger charge is 2.18. The van der Waals surface area contributed by atoms with E-state index in [0.29, 0.717) is 0 Å². The van der Waals surface area contributed by atoms with Crippen molar-refractivity contribution in [2.75, 3.05) is 0 Å². The number of nitrogens with zero attached hydrogens (tertiary/aromatic N) is 1. The van der Waals surface area contributed by atoms with Crippen LogP contribution < -0.4 is 5.73 Å². The van der Waals surface area contributed by atoms with Gasteiger partial charge in [-0.1, -0.05) is 59.7 Å². The Balaban J connectivity index is 2.14. The van der Waals surface area contributed by atoms with E-state index >= 15 is 0 Å². The van der Waals surface area contributed by atoms with Gasteiger partial charge in [0.25, 0.3) is 5.91 Å². The number of hydrogen-bond donors (Lipinski definition) is 1. The number of nitrogens with two attached hydrogens (primary N) is 1. The Hall–Kier alpha value is -2.94. The molecule has 0 saturated carbocycles. The number of aryl methyl sites for hydroxylation is 2. The first-order valence-corrected chi connectivity index (χ1v) is 7.93. The molecule has 0 radical (unpaired) electrons. The number of amides is 1. The highest BCUT2D eigenvalue weighted by Crippen LogP contribution is 2.32. The minimum atomic E-state index is -0.511. The van der Waals surface area contributed by atoms with Gasteiger partial charge in [-0.05, 0) is 42.7 Å². The van der Waals surface area contributed by atoms with Crippen molar-refractivity contribution in [2.24, 2.45) is 5.73 Å². The number of primary amides is 1. The summed E-state index contributed by atoms with van der Waals surface area (Å²) in [5.41, 5.74) is 11.5. The molecule has 2 aromatic carbocycles. The van der Waals surface area contributed by atoms with Crippen LogP contribution in [0, 0.1) is 13.8 Å². The molecular formula is C21H20N2O. The third-order valence-electron chi connectivity index (χ3n) is 4.19. The average Bonchev–Trinajstić information content (AvgIpc) is 2.59. The van der Waals surface area contributed by atoms with Crippen LogP contribution in [-0.2, 0) is 0 Å². The molecule has 120 valence electrons. The number of aromatic nitrogens is 1.